The van der Waals surface area contributed by atoms with Crippen molar-refractivity contribution < 1.29 is 8.42 Å². The van der Waals surface area contributed by atoms with Crippen LogP contribution in [-0.4, -0.2) is 38.9 Å². The number of hydrogen-bond donors (Lipinski definition) is 1. The van der Waals surface area contributed by atoms with Crippen LogP contribution in [0.4, 0.5) is 0 Å². The lowest BCUT2D eigenvalue weighted by Gasteiger charge is -2.19. The minimum absolute atomic E-state index is 0.404. The molecule has 18 heavy (non-hydrogen) atoms. The molecular formula is C13H20N2O2S. The third kappa shape index (κ3) is 2.91. The highest BCUT2D eigenvalue weighted by atomic mass is 32.2. The van der Waals surface area contributed by atoms with Gasteiger partial charge in [-0.1, -0.05) is 19.1 Å². The molecule has 0 unspecified atom stereocenters. The van der Waals surface area contributed by atoms with E-state index in [1.807, 2.05) is 12.1 Å². The Kier molecular flexibility index (Phi) is 4.37. The van der Waals surface area contributed by atoms with Gasteiger partial charge in [0, 0.05) is 19.6 Å². The fraction of sp³-hybridized carbons (Fsp3) is 0.538. The second-order valence-electron chi connectivity index (χ2n) is 4.51. The van der Waals surface area contributed by atoms with Crippen molar-refractivity contribution in [3.05, 3.63) is 29.8 Å². The maximum atomic E-state index is 12.4. The third-order valence-electron chi connectivity index (χ3n) is 3.27. The van der Waals surface area contributed by atoms with E-state index in [2.05, 4.69) is 12.2 Å². The van der Waals surface area contributed by atoms with Crippen molar-refractivity contribution in [3.63, 3.8) is 0 Å². The Morgan fingerprint density at radius 2 is 1.89 bits per heavy atom. The summed E-state index contributed by atoms with van der Waals surface area (Å²) < 4.78 is 26.5. The van der Waals surface area contributed by atoms with Gasteiger partial charge in [0.25, 0.3) is 0 Å². The van der Waals surface area contributed by atoms with Gasteiger partial charge in [-0.2, -0.15) is 4.31 Å². The Balaban J connectivity index is 2.22. The highest BCUT2D eigenvalue weighted by Crippen LogP contribution is 2.17. The van der Waals surface area contributed by atoms with Crippen LogP contribution < -0.4 is 5.32 Å². The van der Waals surface area contributed by atoms with E-state index < -0.39 is 10.0 Å². The molecule has 1 aliphatic rings. The summed E-state index contributed by atoms with van der Waals surface area (Å²) >= 11 is 0. The Morgan fingerprint density at radius 3 is 2.56 bits per heavy atom. The largest absolute Gasteiger partial charge is 0.315 e. The van der Waals surface area contributed by atoms with Crippen LogP contribution in [-0.2, 0) is 16.4 Å². The normalized spacial score (nSPS) is 18.5. The molecule has 0 radical (unpaired) electrons. The molecule has 100 valence electrons. The first-order valence-corrected chi connectivity index (χ1v) is 7.88. The number of hydrogen-bond acceptors (Lipinski definition) is 3. The van der Waals surface area contributed by atoms with Gasteiger partial charge < -0.3 is 5.32 Å². The van der Waals surface area contributed by atoms with Crippen LogP contribution in [0.2, 0.25) is 0 Å². The second kappa shape index (κ2) is 5.82. The molecule has 4 nitrogen and oxygen atoms in total. The maximum Gasteiger partial charge on any atom is 0.243 e. The number of rotatable bonds is 3. The fourth-order valence-electron chi connectivity index (χ4n) is 2.11. The highest BCUT2D eigenvalue weighted by molar-refractivity contribution is 7.89. The van der Waals surface area contributed by atoms with Gasteiger partial charge in [0.05, 0.1) is 4.90 Å². The topological polar surface area (TPSA) is 49.4 Å². The average molecular weight is 268 g/mol. The van der Waals surface area contributed by atoms with E-state index in [9.17, 15) is 8.42 Å². The van der Waals surface area contributed by atoms with Crippen molar-refractivity contribution in [2.75, 3.05) is 26.2 Å². The molecule has 1 N–H and O–H groups in total. The SMILES string of the molecule is CCc1ccc(S(=O)(=O)N2CCCNCC2)cc1. The molecule has 1 aromatic rings. The second-order valence-corrected chi connectivity index (χ2v) is 6.44. The van der Waals surface area contributed by atoms with E-state index in [0.29, 0.717) is 18.0 Å². The number of nitrogens with zero attached hydrogens (tertiary/aromatic N) is 1. The summed E-state index contributed by atoms with van der Waals surface area (Å²) in [6.07, 6.45) is 1.79. The maximum absolute atomic E-state index is 12.4. The molecule has 0 aromatic heterocycles. The van der Waals surface area contributed by atoms with Gasteiger partial charge in [0.2, 0.25) is 10.0 Å². The predicted molar refractivity (Wildman–Crippen MR) is 72.1 cm³/mol. The lowest BCUT2D eigenvalue weighted by Crippen LogP contribution is -2.34. The number of sulfonamides is 1. The molecule has 0 aliphatic carbocycles. The summed E-state index contributed by atoms with van der Waals surface area (Å²) in [5.41, 5.74) is 1.16. The van der Waals surface area contributed by atoms with Crippen molar-refractivity contribution in [1.82, 2.24) is 9.62 Å². The van der Waals surface area contributed by atoms with Crippen LogP contribution >= 0.6 is 0 Å². The van der Waals surface area contributed by atoms with Crippen LogP contribution in [0.15, 0.2) is 29.2 Å². The van der Waals surface area contributed by atoms with Gasteiger partial charge in [-0.15, -0.1) is 0 Å². The monoisotopic (exact) mass is 268 g/mol. The summed E-state index contributed by atoms with van der Waals surface area (Å²) in [7, 11) is -3.32. The summed E-state index contributed by atoms with van der Waals surface area (Å²) in [4.78, 5) is 0.404. The van der Waals surface area contributed by atoms with Crippen molar-refractivity contribution in [1.29, 1.82) is 0 Å². The van der Waals surface area contributed by atoms with Gasteiger partial charge in [-0.05, 0) is 37.1 Å². The zero-order chi connectivity index (χ0) is 13.0. The minimum Gasteiger partial charge on any atom is -0.315 e. The van der Waals surface area contributed by atoms with Crippen LogP contribution in [0, 0.1) is 0 Å². The molecule has 0 spiro atoms. The van der Waals surface area contributed by atoms with Gasteiger partial charge in [0.15, 0.2) is 0 Å². The number of nitrogens with one attached hydrogen (secondary N) is 1. The number of aryl methyl sites for hydroxylation is 1. The minimum atomic E-state index is -3.32. The molecule has 1 saturated heterocycles. The summed E-state index contributed by atoms with van der Waals surface area (Å²) in [6, 6.07) is 7.21. The van der Waals surface area contributed by atoms with Crippen LogP contribution in [0.3, 0.4) is 0 Å². The Bertz CT molecular complexity index is 474. The molecule has 5 heteroatoms. The molecule has 1 fully saturated rings. The molecule has 0 bridgehead atoms. The molecule has 1 heterocycles. The van der Waals surface area contributed by atoms with E-state index in [1.54, 1.807) is 16.4 Å². The summed E-state index contributed by atoms with van der Waals surface area (Å²) in [5, 5.41) is 3.21. The first-order chi connectivity index (χ1) is 8.64. The average Bonchev–Trinajstić information content (AvgIpc) is 2.68. The van der Waals surface area contributed by atoms with E-state index in [-0.39, 0.29) is 0 Å². The van der Waals surface area contributed by atoms with Gasteiger partial charge in [-0.3, -0.25) is 0 Å². The zero-order valence-corrected chi connectivity index (χ0v) is 11.5. The van der Waals surface area contributed by atoms with Crippen LogP contribution in [0.25, 0.3) is 0 Å². The van der Waals surface area contributed by atoms with Crippen molar-refractivity contribution in [3.8, 4) is 0 Å². The molecule has 2 rings (SSSR count). The lowest BCUT2D eigenvalue weighted by molar-refractivity contribution is 0.432. The van der Waals surface area contributed by atoms with Gasteiger partial charge in [0.1, 0.15) is 0 Å². The molecule has 0 atom stereocenters. The van der Waals surface area contributed by atoms with Gasteiger partial charge >= 0.3 is 0 Å². The first kappa shape index (κ1) is 13.5. The van der Waals surface area contributed by atoms with E-state index in [1.165, 1.54) is 0 Å². The molecular weight excluding hydrogens is 248 g/mol. The predicted octanol–water partition coefficient (Wildman–Crippen LogP) is 1.23. The highest BCUT2D eigenvalue weighted by Gasteiger charge is 2.24. The summed E-state index contributed by atoms with van der Waals surface area (Å²) in [6.45, 7) is 4.83. The van der Waals surface area contributed by atoms with Crippen LogP contribution in [0.1, 0.15) is 18.9 Å². The number of benzene rings is 1. The summed E-state index contributed by atoms with van der Waals surface area (Å²) in [5.74, 6) is 0. The Morgan fingerprint density at radius 1 is 1.17 bits per heavy atom. The van der Waals surface area contributed by atoms with E-state index in [0.717, 1.165) is 31.5 Å². The zero-order valence-electron chi connectivity index (χ0n) is 10.7. The molecule has 0 amide bonds. The fourth-order valence-corrected chi connectivity index (χ4v) is 3.59. The lowest BCUT2D eigenvalue weighted by atomic mass is 10.2. The van der Waals surface area contributed by atoms with Crippen molar-refractivity contribution in [2.45, 2.75) is 24.7 Å². The Hall–Kier alpha value is -0.910. The van der Waals surface area contributed by atoms with E-state index in [4.69, 9.17) is 0 Å². The molecule has 1 aromatic carbocycles. The van der Waals surface area contributed by atoms with E-state index >= 15 is 0 Å². The van der Waals surface area contributed by atoms with Crippen LogP contribution in [0.5, 0.6) is 0 Å². The molecule has 1 aliphatic heterocycles. The molecule has 0 saturated carbocycles. The van der Waals surface area contributed by atoms with Gasteiger partial charge in [-0.25, -0.2) is 8.42 Å². The van der Waals surface area contributed by atoms with Crippen molar-refractivity contribution >= 4 is 10.0 Å². The first-order valence-electron chi connectivity index (χ1n) is 6.44. The quantitative estimate of drug-likeness (QED) is 0.897. The smallest absolute Gasteiger partial charge is 0.243 e. The standard InChI is InChI=1S/C13H20N2O2S/c1-2-12-4-6-13(7-5-12)18(16,17)15-10-3-8-14-9-11-15/h4-7,14H,2-3,8-11H2,1H3. The third-order valence-corrected chi connectivity index (χ3v) is 5.18. The Labute approximate surface area is 109 Å². The van der Waals surface area contributed by atoms with Crippen molar-refractivity contribution in [2.24, 2.45) is 0 Å².